The molecule has 0 aliphatic rings. The molecule has 1 amide bonds. The molecule has 2 N–H and O–H groups in total. The number of aliphatic carboxylic acids is 2. The van der Waals surface area contributed by atoms with Crippen LogP contribution in [0.25, 0.3) is 0 Å². The number of hydrogen-bond donors (Lipinski definition) is 2. The normalized spacial score (nSPS) is 10.1. The Kier molecular flexibility index (Phi) is 5.34. The van der Waals surface area contributed by atoms with E-state index in [9.17, 15) is 24.5 Å². The number of amides is 1. The largest absolute Gasteiger partial charge is 0.480 e. The van der Waals surface area contributed by atoms with Crippen molar-refractivity contribution in [2.75, 3.05) is 13.1 Å². The molecule has 0 saturated heterocycles. The molecule has 1 aromatic heterocycles. The highest BCUT2D eigenvalue weighted by atomic mass is 16.6. The van der Waals surface area contributed by atoms with Crippen LogP contribution in [0.2, 0.25) is 0 Å². The monoisotopic (exact) mass is 300 g/mol. The fraction of sp³-hybridized carbons (Fsp3) is 0.400. The van der Waals surface area contributed by atoms with Gasteiger partial charge in [-0.3, -0.25) is 14.4 Å². The molecule has 1 aromatic rings. The number of carbonyl (C=O) groups excluding carboxylic acids is 1. The van der Waals surface area contributed by atoms with Gasteiger partial charge in [0.15, 0.2) is 0 Å². The van der Waals surface area contributed by atoms with Crippen molar-refractivity contribution in [2.45, 2.75) is 13.0 Å². The summed E-state index contributed by atoms with van der Waals surface area (Å²) in [5.41, 5.74) is 0. The van der Waals surface area contributed by atoms with E-state index in [2.05, 4.69) is 4.98 Å². The molecule has 21 heavy (non-hydrogen) atoms. The Morgan fingerprint density at radius 1 is 1.29 bits per heavy atom. The average molecular weight is 300 g/mol. The first-order valence-electron chi connectivity index (χ1n) is 5.67. The van der Waals surface area contributed by atoms with Crippen LogP contribution in [0.4, 0.5) is 5.82 Å². The molecule has 0 unspecified atom stereocenters. The van der Waals surface area contributed by atoms with Gasteiger partial charge in [0.25, 0.3) is 0 Å². The fourth-order valence-electron chi connectivity index (χ4n) is 1.51. The zero-order valence-electron chi connectivity index (χ0n) is 10.7. The van der Waals surface area contributed by atoms with Crippen molar-refractivity contribution >= 4 is 23.7 Å². The Labute approximate surface area is 117 Å². The lowest BCUT2D eigenvalue weighted by molar-refractivity contribution is -0.389. The predicted molar refractivity (Wildman–Crippen MR) is 65.4 cm³/mol. The molecule has 1 rings (SSSR count). The molecule has 11 nitrogen and oxygen atoms in total. The van der Waals surface area contributed by atoms with Crippen molar-refractivity contribution in [1.29, 1.82) is 0 Å². The van der Waals surface area contributed by atoms with Crippen LogP contribution in [0.1, 0.15) is 6.42 Å². The molecule has 0 saturated carbocycles. The molecule has 114 valence electrons. The number of nitrogens with zero attached hydrogens (tertiary/aromatic N) is 4. The molecular weight excluding hydrogens is 288 g/mol. The number of nitro groups is 1. The van der Waals surface area contributed by atoms with E-state index in [1.165, 1.54) is 4.57 Å². The fourth-order valence-corrected chi connectivity index (χ4v) is 1.51. The molecule has 0 radical (unpaired) electrons. The van der Waals surface area contributed by atoms with Gasteiger partial charge in [-0.1, -0.05) is 0 Å². The minimum atomic E-state index is -1.33. The first-order chi connectivity index (χ1) is 9.79. The number of aryl methyl sites for hydroxylation is 1. The highest BCUT2D eigenvalue weighted by molar-refractivity contribution is 5.85. The van der Waals surface area contributed by atoms with E-state index in [1.54, 1.807) is 0 Å². The van der Waals surface area contributed by atoms with Crippen LogP contribution < -0.4 is 0 Å². The standard InChI is InChI=1S/C10H12N4O7/c15-8(13(4-9(16)17)5-10(18)19)1-2-12-3-7(11-6-12)14(20)21/h3,6H,1-2,4-5H2,(H,16,17)(H,18,19). The van der Waals surface area contributed by atoms with Gasteiger partial charge in [0, 0.05) is 13.0 Å². The second-order valence-corrected chi connectivity index (χ2v) is 4.01. The lowest BCUT2D eigenvalue weighted by atomic mass is 10.3. The van der Waals surface area contributed by atoms with Crippen molar-refractivity contribution in [2.24, 2.45) is 0 Å². The molecule has 0 atom stereocenters. The average Bonchev–Trinajstić information content (AvgIpc) is 2.82. The van der Waals surface area contributed by atoms with Gasteiger partial charge in [-0.05, 0) is 9.91 Å². The van der Waals surface area contributed by atoms with Crippen LogP contribution in [-0.2, 0) is 20.9 Å². The van der Waals surface area contributed by atoms with E-state index < -0.39 is 35.9 Å². The number of carboxylic acid groups (broad SMARTS) is 2. The second-order valence-electron chi connectivity index (χ2n) is 4.01. The van der Waals surface area contributed by atoms with Crippen molar-refractivity contribution in [1.82, 2.24) is 14.5 Å². The zero-order chi connectivity index (χ0) is 16.0. The summed E-state index contributed by atoms with van der Waals surface area (Å²) in [6.45, 7) is -1.43. The summed E-state index contributed by atoms with van der Waals surface area (Å²) < 4.78 is 1.29. The maximum atomic E-state index is 11.8. The van der Waals surface area contributed by atoms with Gasteiger partial charge >= 0.3 is 17.8 Å². The Morgan fingerprint density at radius 2 is 1.86 bits per heavy atom. The topological polar surface area (TPSA) is 156 Å². The SMILES string of the molecule is O=C(O)CN(CC(=O)O)C(=O)CCn1cnc([N+](=O)[O-])c1. The minimum Gasteiger partial charge on any atom is -0.480 e. The summed E-state index contributed by atoms with van der Waals surface area (Å²) in [6.07, 6.45) is 2.07. The number of hydrogen-bond acceptors (Lipinski definition) is 6. The van der Waals surface area contributed by atoms with Gasteiger partial charge in [0.05, 0.1) is 0 Å². The van der Waals surface area contributed by atoms with E-state index >= 15 is 0 Å². The van der Waals surface area contributed by atoms with Crippen LogP contribution in [-0.4, -0.2) is 60.5 Å². The van der Waals surface area contributed by atoms with E-state index in [4.69, 9.17) is 10.2 Å². The molecule has 0 fully saturated rings. The lowest BCUT2D eigenvalue weighted by Crippen LogP contribution is -2.39. The van der Waals surface area contributed by atoms with Gasteiger partial charge in [-0.2, -0.15) is 0 Å². The first kappa shape index (κ1) is 16.1. The Hall–Kier alpha value is -2.98. The van der Waals surface area contributed by atoms with E-state index in [0.29, 0.717) is 4.90 Å². The highest BCUT2D eigenvalue weighted by Gasteiger charge is 2.20. The lowest BCUT2D eigenvalue weighted by Gasteiger charge is -2.18. The first-order valence-corrected chi connectivity index (χ1v) is 5.67. The maximum absolute atomic E-state index is 11.8. The van der Waals surface area contributed by atoms with Crippen molar-refractivity contribution in [3.05, 3.63) is 22.6 Å². The van der Waals surface area contributed by atoms with E-state index in [1.807, 2.05) is 0 Å². The van der Waals surface area contributed by atoms with Gasteiger partial charge in [0.2, 0.25) is 12.2 Å². The maximum Gasteiger partial charge on any atom is 0.381 e. The summed E-state index contributed by atoms with van der Waals surface area (Å²) in [5.74, 6) is -3.72. The summed E-state index contributed by atoms with van der Waals surface area (Å²) in [4.78, 5) is 46.8. The number of aromatic nitrogens is 2. The van der Waals surface area contributed by atoms with Crippen molar-refractivity contribution in [3.8, 4) is 0 Å². The number of carbonyl (C=O) groups is 3. The van der Waals surface area contributed by atoms with Crippen molar-refractivity contribution < 1.29 is 29.5 Å². The van der Waals surface area contributed by atoms with Crippen molar-refractivity contribution in [3.63, 3.8) is 0 Å². The summed E-state index contributed by atoms with van der Waals surface area (Å²) in [6, 6.07) is 0. The molecular formula is C10H12N4O7. The Morgan fingerprint density at radius 3 is 2.29 bits per heavy atom. The molecule has 11 heteroatoms. The molecule has 0 aliphatic carbocycles. The second kappa shape index (κ2) is 6.98. The molecule has 1 heterocycles. The third-order valence-corrected chi connectivity index (χ3v) is 2.40. The summed E-state index contributed by atoms with van der Waals surface area (Å²) in [7, 11) is 0. The third kappa shape index (κ3) is 5.26. The van der Waals surface area contributed by atoms with Crippen LogP contribution >= 0.6 is 0 Å². The predicted octanol–water partition coefficient (Wildman–Crippen LogP) is -0.821. The molecule has 0 bridgehead atoms. The van der Waals surface area contributed by atoms with Gasteiger partial charge in [-0.15, -0.1) is 0 Å². The van der Waals surface area contributed by atoms with Gasteiger partial charge < -0.3 is 29.8 Å². The van der Waals surface area contributed by atoms with Gasteiger partial charge in [-0.25, -0.2) is 0 Å². The van der Waals surface area contributed by atoms with Crippen LogP contribution in [0.5, 0.6) is 0 Å². The molecule has 0 aliphatic heterocycles. The van der Waals surface area contributed by atoms with Crippen LogP contribution in [0.3, 0.4) is 0 Å². The molecule has 0 aromatic carbocycles. The summed E-state index contributed by atoms with van der Waals surface area (Å²) in [5, 5.41) is 27.7. The van der Waals surface area contributed by atoms with Gasteiger partial charge in [0.1, 0.15) is 19.3 Å². The number of rotatable bonds is 8. The number of carboxylic acids is 2. The quantitative estimate of drug-likeness (QED) is 0.465. The van der Waals surface area contributed by atoms with E-state index in [-0.39, 0.29) is 18.8 Å². The smallest absolute Gasteiger partial charge is 0.381 e. The zero-order valence-corrected chi connectivity index (χ0v) is 10.7. The molecule has 0 spiro atoms. The van der Waals surface area contributed by atoms with Crippen LogP contribution in [0.15, 0.2) is 12.5 Å². The summed E-state index contributed by atoms with van der Waals surface area (Å²) >= 11 is 0. The third-order valence-electron chi connectivity index (χ3n) is 2.40. The van der Waals surface area contributed by atoms with Crippen LogP contribution in [0, 0.1) is 10.1 Å². The minimum absolute atomic E-state index is 0.0232. The number of imidazole rings is 1. The Bertz CT molecular complexity index is 552. The Balaban J connectivity index is 2.61. The van der Waals surface area contributed by atoms with E-state index in [0.717, 1.165) is 12.5 Å². The highest BCUT2D eigenvalue weighted by Crippen LogP contribution is 2.07.